The number of halogens is 3. The van der Waals surface area contributed by atoms with Crippen molar-refractivity contribution in [1.29, 1.82) is 0 Å². The number of carbonyl (C=O) groups is 2. The molecular weight excluding hydrogens is 227 g/mol. The number of nitrogens with zero attached hydrogens (tertiary/aromatic N) is 1. The number of carboxylic acids is 1. The fourth-order valence-corrected chi connectivity index (χ4v) is 1.09. The van der Waals surface area contributed by atoms with Crippen LogP contribution in [0.3, 0.4) is 0 Å². The molecule has 0 spiro atoms. The normalized spacial score (nSPS) is 11.6. The fraction of sp³-hybridized carbons (Fsp3) is 0.778. The van der Waals surface area contributed by atoms with Crippen LogP contribution < -0.4 is 0 Å². The lowest BCUT2D eigenvalue weighted by atomic mass is 10.1. The van der Waals surface area contributed by atoms with E-state index in [1.807, 2.05) is 0 Å². The highest BCUT2D eigenvalue weighted by Gasteiger charge is 2.33. The molecule has 0 aliphatic rings. The standard InChI is InChI=1S/C9H14F3NO3/c1-6(2)3-7(14)13(4-8(15)16)5-9(10,11)12/h6H,3-5H2,1-2H3,(H,15,16). The van der Waals surface area contributed by atoms with Crippen molar-refractivity contribution in [3.05, 3.63) is 0 Å². The molecule has 0 saturated heterocycles. The molecule has 0 heterocycles. The second kappa shape index (κ2) is 5.72. The summed E-state index contributed by atoms with van der Waals surface area (Å²) in [6.07, 6.45) is -4.68. The van der Waals surface area contributed by atoms with Crippen molar-refractivity contribution in [3.8, 4) is 0 Å². The van der Waals surface area contributed by atoms with E-state index < -0.39 is 31.1 Å². The summed E-state index contributed by atoms with van der Waals surface area (Å²) in [6, 6.07) is 0. The SMILES string of the molecule is CC(C)CC(=O)N(CC(=O)O)CC(F)(F)F. The summed E-state index contributed by atoms with van der Waals surface area (Å²) in [5.41, 5.74) is 0. The molecule has 0 aromatic carbocycles. The zero-order chi connectivity index (χ0) is 12.9. The molecule has 0 bridgehead atoms. The first-order valence-corrected chi connectivity index (χ1v) is 4.68. The van der Waals surface area contributed by atoms with Gasteiger partial charge in [0.05, 0.1) is 0 Å². The highest BCUT2D eigenvalue weighted by molar-refractivity contribution is 5.81. The number of amides is 1. The minimum absolute atomic E-state index is 0.0939. The third kappa shape index (κ3) is 7.08. The van der Waals surface area contributed by atoms with Crippen LogP contribution in [0.2, 0.25) is 0 Å². The van der Waals surface area contributed by atoms with Crippen LogP contribution >= 0.6 is 0 Å². The van der Waals surface area contributed by atoms with Crippen LogP contribution in [0, 0.1) is 5.92 Å². The summed E-state index contributed by atoms with van der Waals surface area (Å²) in [5, 5.41) is 8.40. The second-order valence-corrected chi connectivity index (χ2v) is 3.86. The Labute approximate surface area is 91.0 Å². The quantitative estimate of drug-likeness (QED) is 0.793. The van der Waals surface area contributed by atoms with Gasteiger partial charge < -0.3 is 10.0 Å². The lowest BCUT2D eigenvalue weighted by Crippen LogP contribution is -2.42. The van der Waals surface area contributed by atoms with Crippen LogP contribution in [0.4, 0.5) is 13.2 Å². The topological polar surface area (TPSA) is 57.6 Å². The van der Waals surface area contributed by atoms with Gasteiger partial charge in [-0.25, -0.2) is 0 Å². The van der Waals surface area contributed by atoms with Crippen molar-refractivity contribution < 1.29 is 27.9 Å². The van der Waals surface area contributed by atoms with E-state index in [0.717, 1.165) is 0 Å². The van der Waals surface area contributed by atoms with Crippen molar-refractivity contribution in [2.75, 3.05) is 13.1 Å². The summed E-state index contributed by atoms with van der Waals surface area (Å²) >= 11 is 0. The zero-order valence-corrected chi connectivity index (χ0v) is 9.04. The van der Waals surface area contributed by atoms with Gasteiger partial charge in [-0.15, -0.1) is 0 Å². The molecule has 0 aromatic rings. The van der Waals surface area contributed by atoms with Gasteiger partial charge in [-0.05, 0) is 5.92 Å². The minimum Gasteiger partial charge on any atom is -0.480 e. The smallest absolute Gasteiger partial charge is 0.406 e. The van der Waals surface area contributed by atoms with Gasteiger partial charge >= 0.3 is 12.1 Å². The maximum absolute atomic E-state index is 12.1. The molecule has 0 aromatic heterocycles. The molecule has 94 valence electrons. The molecule has 0 aliphatic heterocycles. The molecular formula is C9H14F3NO3. The Balaban J connectivity index is 4.53. The largest absolute Gasteiger partial charge is 0.480 e. The van der Waals surface area contributed by atoms with Gasteiger partial charge in [-0.1, -0.05) is 13.8 Å². The van der Waals surface area contributed by atoms with Crippen molar-refractivity contribution in [3.63, 3.8) is 0 Å². The van der Waals surface area contributed by atoms with Gasteiger partial charge in [-0.3, -0.25) is 9.59 Å². The van der Waals surface area contributed by atoms with E-state index in [0.29, 0.717) is 4.90 Å². The van der Waals surface area contributed by atoms with Gasteiger partial charge in [0.15, 0.2) is 0 Å². The molecule has 0 saturated carbocycles. The Hall–Kier alpha value is -1.27. The van der Waals surface area contributed by atoms with E-state index in [1.165, 1.54) is 0 Å². The van der Waals surface area contributed by atoms with E-state index in [2.05, 4.69) is 0 Å². The first kappa shape index (κ1) is 14.7. The molecule has 0 atom stereocenters. The maximum atomic E-state index is 12.1. The summed E-state index contributed by atoms with van der Waals surface area (Å²) in [6.45, 7) is 0.894. The number of rotatable bonds is 5. The van der Waals surface area contributed by atoms with Crippen LogP contribution in [-0.4, -0.2) is 41.1 Å². The fourth-order valence-electron chi connectivity index (χ4n) is 1.09. The average molecular weight is 241 g/mol. The molecule has 7 heteroatoms. The van der Waals surface area contributed by atoms with Gasteiger partial charge in [0.25, 0.3) is 0 Å². The monoisotopic (exact) mass is 241 g/mol. The molecule has 0 rings (SSSR count). The first-order valence-electron chi connectivity index (χ1n) is 4.68. The predicted octanol–water partition coefficient (Wildman–Crippen LogP) is 1.51. The molecule has 0 fully saturated rings. The Bertz CT molecular complexity index is 263. The van der Waals surface area contributed by atoms with Crippen molar-refractivity contribution in [1.82, 2.24) is 4.90 Å². The van der Waals surface area contributed by atoms with Gasteiger partial charge in [0, 0.05) is 6.42 Å². The number of alkyl halides is 3. The Morgan fingerprint density at radius 1 is 1.31 bits per heavy atom. The summed E-state index contributed by atoms with van der Waals surface area (Å²) < 4.78 is 36.2. The predicted molar refractivity (Wildman–Crippen MR) is 49.7 cm³/mol. The Morgan fingerprint density at radius 2 is 1.81 bits per heavy atom. The van der Waals surface area contributed by atoms with Crippen molar-refractivity contribution in [2.45, 2.75) is 26.4 Å². The molecule has 1 N–H and O–H groups in total. The molecule has 0 unspecified atom stereocenters. The van der Waals surface area contributed by atoms with Gasteiger partial charge in [0.1, 0.15) is 13.1 Å². The third-order valence-electron chi connectivity index (χ3n) is 1.63. The van der Waals surface area contributed by atoms with E-state index in [4.69, 9.17) is 5.11 Å². The number of carbonyl (C=O) groups excluding carboxylic acids is 1. The minimum atomic E-state index is -4.58. The summed E-state index contributed by atoms with van der Waals surface area (Å²) in [5.74, 6) is -2.37. The number of hydrogen-bond donors (Lipinski definition) is 1. The van der Waals surface area contributed by atoms with Crippen LogP contribution in [0.5, 0.6) is 0 Å². The van der Waals surface area contributed by atoms with Gasteiger partial charge in [0.2, 0.25) is 5.91 Å². The molecule has 16 heavy (non-hydrogen) atoms. The first-order chi connectivity index (χ1) is 7.11. The highest BCUT2D eigenvalue weighted by Crippen LogP contribution is 2.17. The lowest BCUT2D eigenvalue weighted by Gasteiger charge is -2.22. The zero-order valence-electron chi connectivity index (χ0n) is 9.04. The van der Waals surface area contributed by atoms with Gasteiger partial charge in [-0.2, -0.15) is 13.2 Å². The summed E-state index contributed by atoms with van der Waals surface area (Å²) in [7, 11) is 0. The van der Waals surface area contributed by atoms with Crippen molar-refractivity contribution in [2.24, 2.45) is 5.92 Å². The average Bonchev–Trinajstić information content (AvgIpc) is 1.97. The molecule has 1 amide bonds. The third-order valence-corrected chi connectivity index (χ3v) is 1.63. The van der Waals surface area contributed by atoms with Crippen LogP contribution in [0.1, 0.15) is 20.3 Å². The van der Waals surface area contributed by atoms with Crippen LogP contribution in [0.15, 0.2) is 0 Å². The number of aliphatic carboxylic acids is 1. The van der Waals surface area contributed by atoms with E-state index in [1.54, 1.807) is 13.8 Å². The Morgan fingerprint density at radius 3 is 2.12 bits per heavy atom. The van der Waals surface area contributed by atoms with E-state index in [9.17, 15) is 22.8 Å². The lowest BCUT2D eigenvalue weighted by molar-refractivity contribution is -0.166. The highest BCUT2D eigenvalue weighted by atomic mass is 19.4. The number of carboxylic acid groups (broad SMARTS) is 1. The second-order valence-electron chi connectivity index (χ2n) is 3.86. The van der Waals surface area contributed by atoms with Crippen LogP contribution in [0.25, 0.3) is 0 Å². The molecule has 0 aliphatic carbocycles. The maximum Gasteiger partial charge on any atom is 0.406 e. The summed E-state index contributed by atoms with van der Waals surface area (Å²) in [4.78, 5) is 22.0. The van der Waals surface area contributed by atoms with Crippen molar-refractivity contribution >= 4 is 11.9 Å². The Kier molecular flexibility index (Phi) is 5.26. The molecule has 0 radical (unpaired) electrons. The van der Waals surface area contributed by atoms with E-state index in [-0.39, 0.29) is 12.3 Å². The van der Waals surface area contributed by atoms with E-state index >= 15 is 0 Å². The molecule has 4 nitrogen and oxygen atoms in total. The van der Waals surface area contributed by atoms with Crippen LogP contribution in [-0.2, 0) is 9.59 Å². The number of hydrogen-bond acceptors (Lipinski definition) is 2.